The number of anilines is 1. The lowest BCUT2D eigenvalue weighted by Crippen LogP contribution is -2.04. The Morgan fingerprint density at radius 3 is 2.73 bits per heavy atom. The number of nitrogens with one attached hydrogen (secondary N) is 1. The standard InChI is InChI=1S/C16H10ClF2NO2/c17-13-6-5-10(22-16(18)19)7-9(13)8-12-11-3-1-2-4-14(11)20-15(12)21/h1-8,16H,(H,20,21). The van der Waals surface area contributed by atoms with Crippen LogP contribution in [0.1, 0.15) is 11.1 Å². The Kier molecular flexibility index (Phi) is 3.81. The minimum absolute atomic E-state index is 0.0158. The first-order valence-electron chi connectivity index (χ1n) is 6.41. The topological polar surface area (TPSA) is 38.3 Å². The van der Waals surface area contributed by atoms with Crippen molar-refractivity contribution in [2.24, 2.45) is 0 Å². The molecule has 3 rings (SSSR count). The fourth-order valence-corrected chi connectivity index (χ4v) is 2.42. The third-order valence-corrected chi connectivity index (χ3v) is 3.55. The Balaban J connectivity index is 2.03. The zero-order valence-electron chi connectivity index (χ0n) is 11.1. The molecule has 1 amide bonds. The Hall–Kier alpha value is -2.40. The van der Waals surface area contributed by atoms with E-state index in [1.54, 1.807) is 18.2 Å². The molecule has 6 heteroatoms. The molecule has 0 aliphatic carbocycles. The lowest BCUT2D eigenvalue weighted by Gasteiger charge is -2.07. The molecule has 2 aromatic rings. The van der Waals surface area contributed by atoms with E-state index in [-0.39, 0.29) is 11.7 Å². The van der Waals surface area contributed by atoms with E-state index >= 15 is 0 Å². The Labute approximate surface area is 130 Å². The maximum atomic E-state index is 12.3. The van der Waals surface area contributed by atoms with Crippen LogP contribution < -0.4 is 10.1 Å². The molecule has 0 radical (unpaired) electrons. The Morgan fingerprint density at radius 2 is 1.95 bits per heavy atom. The summed E-state index contributed by atoms with van der Waals surface area (Å²) in [7, 11) is 0. The van der Waals surface area contributed by atoms with Gasteiger partial charge >= 0.3 is 6.61 Å². The molecule has 1 aliphatic heterocycles. The van der Waals surface area contributed by atoms with Gasteiger partial charge in [-0.1, -0.05) is 29.8 Å². The lowest BCUT2D eigenvalue weighted by atomic mass is 10.0. The molecule has 0 fully saturated rings. The number of benzene rings is 2. The van der Waals surface area contributed by atoms with Crippen molar-refractivity contribution in [3.63, 3.8) is 0 Å². The summed E-state index contributed by atoms with van der Waals surface area (Å²) in [6.45, 7) is -2.92. The first kappa shape index (κ1) is 14.5. The average molecular weight is 322 g/mol. The van der Waals surface area contributed by atoms with Crippen molar-refractivity contribution in [2.75, 3.05) is 5.32 Å². The second kappa shape index (κ2) is 5.77. The smallest absolute Gasteiger partial charge is 0.387 e. The number of hydrogen-bond acceptors (Lipinski definition) is 2. The molecule has 22 heavy (non-hydrogen) atoms. The normalized spacial score (nSPS) is 15.1. The number of alkyl halides is 2. The Morgan fingerprint density at radius 1 is 1.18 bits per heavy atom. The largest absolute Gasteiger partial charge is 0.435 e. The Bertz CT molecular complexity index is 774. The highest BCUT2D eigenvalue weighted by Crippen LogP contribution is 2.34. The number of hydrogen-bond donors (Lipinski definition) is 1. The van der Waals surface area contributed by atoms with Crippen LogP contribution in [-0.2, 0) is 4.79 Å². The van der Waals surface area contributed by atoms with Crippen molar-refractivity contribution in [3.05, 3.63) is 58.6 Å². The van der Waals surface area contributed by atoms with Crippen LogP contribution in [-0.4, -0.2) is 12.5 Å². The minimum Gasteiger partial charge on any atom is -0.435 e. The van der Waals surface area contributed by atoms with E-state index in [1.807, 2.05) is 12.1 Å². The summed E-state index contributed by atoms with van der Waals surface area (Å²) in [6.07, 6.45) is 1.56. The molecule has 0 spiro atoms. The summed E-state index contributed by atoms with van der Waals surface area (Å²) < 4.78 is 28.9. The molecule has 1 heterocycles. The second-order valence-corrected chi connectivity index (χ2v) is 5.03. The minimum atomic E-state index is -2.92. The van der Waals surface area contributed by atoms with Gasteiger partial charge in [0.25, 0.3) is 5.91 Å². The molecule has 1 N–H and O–H groups in total. The van der Waals surface area contributed by atoms with E-state index < -0.39 is 6.61 Å². The quantitative estimate of drug-likeness (QED) is 0.849. The number of carbonyl (C=O) groups excluding carboxylic acids is 1. The van der Waals surface area contributed by atoms with Gasteiger partial charge in [0.1, 0.15) is 5.75 Å². The van der Waals surface area contributed by atoms with Crippen LogP contribution >= 0.6 is 11.6 Å². The van der Waals surface area contributed by atoms with E-state index in [0.717, 1.165) is 5.56 Å². The van der Waals surface area contributed by atoms with Gasteiger partial charge in [-0.2, -0.15) is 8.78 Å². The molecule has 0 bridgehead atoms. The summed E-state index contributed by atoms with van der Waals surface area (Å²) >= 11 is 6.07. The van der Waals surface area contributed by atoms with Crippen molar-refractivity contribution in [3.8, 4) is 5.75 Å². The molecule has 0 saturated heterocycles. The number of rotatable bonds is 3. The van der Waals surface area contributed by atoms with Crippen LogP contribution in [0.5, 0.6) is 5.75 Å². The van der Waals surface area contributed by atoms with Crippen molar-refractivity contribution in [1.82, 2.24) is 0 Å². The van der Waals surface area contributed by atoms with Crippen LogP contribution in [0.3, 0.4) is 0 Å². The number of halogens is 3. The zero-order chi connectivity index (χ0) is 15.7. The van der Waals surface area contributed by atoms with E-state index in [9.17, 15) is 13.6 Å². The van der Waals surface area contributed by atoms with E-state index in [4.69, 9.17) is 11.6 Å². The molecule has 0 aromatic heterocycles. The number of para-hydroxylation sites is 1. The van der Waals surface area contributed by atoms with Gasteiger partial charge in [0.2, 0.25) is 0 Å². The van der Waals surface area contributed by atoms with Gasteiger partial charge in [0.15, 0.2) is 0 Å². The van der Waals surface area contributed by atoms with Gasteiger partial charge in [-0.25, -0.2) is 0 Å². The van der Waals surface area contributed by atoms with Gasteiger partial charge in [-0.15, -0.1) is 0 Å². The zero-order valence-corrected chi connectivity index (χ0v) is 11.9. The van der Waals surface area contributed by atoms with Crippen LogP contribution in [0, 0.1) is 0 Å². The van der Waals surface area contributed by atoms with E-state index in [2.05, 4.69) is 10.1 Å². The van der Waals surface area contributed by atoms with Crippen molar-refractivity contribution in [2.45, 2.75) is 6.61 Å². The lowest BCUT2D eigenvalue weighted by molar-refractivity contribution is -0.110. The molecular weight excluding hydrogens is 312 g/mol. The summed E-state index contributed by atoms with van der Waals surface area (Å²) in [6, 6.07) is 11.4. The number of ether oxygens (including phenoxy) is 1. The summed E-state index contributed by atoms with van der Waals surface area (Å²) in [4.78, 5) is 12.0. The number of fused-ring (bicyclic) bond motifs is 1. The van der Waals surface area contributed by atoms with Crippen molar-refractivity contribution >= 4 is 34.8 Å². The highest BCUT2D eigenvalue weighted by Gasteiger charge is 2.23. The molecule has 3 nitrogen and oxygen atoms in total. The third-order valence-electron chi connectivity index (χ3n) is 3.20. The SMILES string of the molecule is O=C1Nc2ccccc2C1=Cc1cc(OC(F)F)ccc1Cl. The van der Waals surface area contributed by atoms with Crippen molar-refractivity contribution in [1.29, 1.82) is 0 Å². The molecule has 2 aromatic carbocycles. The van der Waals surface area contributed by atoms with Gasteiger partial charge in [0, 0.05) is 21.8 Å². The average Bonchev–Trinajstić information content (AvgIpc) is 2.78. The number of amides is 1. The predicted molar refractivity (Wildman–Crippen MR) is 81.0 cm³/mol. The van der Waals surface area contributed by atoms with Crippen LogP contribution in [0.2, 0.25) is 5.02 Å². The monoisotopic (exact) mass is 321 g/mol. The van der Waals surface area contributed by atoms with Gasteiger partial charge in [-0.05, 0) is 35.9 Å². The molecule has 0 saturated carbocycles. The fraction of sp³-hybridized carbons (Fsp3) is 0.0625. The van der Waals surface area contributed by atoms with Crippen LogP contribution in [0.4, 0.5) is 14.5 Å². The molecule has 0 atom stereocenters. The van der Waals surface area contributed by atoms with E-state index in [1.165, 1.54) is 18.2 Å². The fourth-order valence-electron chi connectivity index (χ4n) is 2.25. The maximum Gasteiger partial charge on any atom is 0.387 e. The maximum absolute atomic E-state index is 12.3. The summed E-state index contributed by atoms with van der Waals surface area (Å²) in [5.41, 5.74) is 2.30. The molecular formula is C16H10ClF2NO2. The second-order valence-electron chi connectivity index (χ2n) is 4.62. The van der Waals surface area contributed by atoms with Gasteiger partial charge in [0.05, 0.1) is 0 Å². The predicted octanol–water partition coefficient (Wildman–Crippen LogP) is 4.43. The van der Waals surface area contributed by atoms with Gasteiger partial charge in [-0.3, -0.25) is 4.79 Å². The van der Waals surface area contributed by atoms with E-state index in [0.29, 0.717) is 21.8 Å². The van der Waals surface area contributed by atoms with Crippen molar-refractivity contribution < 1.29 is 18.3 Å². The summed E-state index contributed by atoms with van der Waals surface area (Å²) in [5, 5.41) is 3.07. The third kappa shape index (κ3) is 2.80. The highest BCUT2D eigenvalue weighted by molar-refractivity contribution is 6.37. The molecule has 1 aliphatic rings. The molecule has 112 valence electrons. The molecule has 0 unspecified atom stereocenters. The first-order valence-corrected chi connectivity index (χ1v) is 6.79. The van der Waals surface area contributed by atoms with Gasteiger partial charge < -0.3 is 10.1 Å². The van der Waals surface area contributed by atoms with Crippen LogP contribution in [0.15, 0.2) is 42.5 Å². The first-order chi connectivity index (χ1) is 10.5. The van der Waals surface area contributed by atoms with Crippen LogP contribution in [0.25, 0.3) is 11.6 Å². The number of carbonyl (C=O) groups is 1. The highest BCUT2D eigenvalue weighted by atomic mass is 35.5. The summed E-state index contributed by atoms with van der Waals surface area (Å²) in [5.74, 6) is -0.282.